The van der Waals surface area contributed by atoms with E-state index in [9.17, 15) is 0 Å². The van der Waals surface area contributed by atoms with Gasteiger partial charge in [-0.2, -0.15) is 0 Å². The van der Waals surface area contributed by atoms with Crippen molar-refractivity contribution < 1.29 is 4.74 Å². The molecular formula is C14H16N2O. The summed E-state index contributed by atoms with van der Waals surface area (Å²) in [5.74, 6) is 0. The highest BCUT2D eigenvalue weighted by Gasteiger charge is 2.39. The zero-order valence-electron chi connectivity index (χ0n) is 9.80. The third kappa shape index (κ3) is 2.33. The Morgan fingerprint density at radius 1 is 1.47 bits per heavy atom. The van der Waals surface area contributed by atoms with Gasteiger partial charge in [0.25, 0.3) is 0 Å². The SMILES string of the molecule is [C-]#[N+]c1cccc(CN2CCC[C@@H]2[C@@H]2CO2)c1. The second-order valence-electron chi connectivity index (χ2n) is 4.83. The lowest BCUT2D eigenvalue weighted by Crippen LogP contribution is -2.33. The van der Waals surface area contributed by atoms with Crippen LogP contribution in [0.25, 0.3) is 4.85 Å². The van der Waals surface area contributed by atoms with E-state index in [0.717, 1.165) is 25.4 Å². The Bertz CT molecular complexity index is 448. The Morgan fingerprint density at radius 3 is 3.12 bits per heavy atom. The quantitative estimate of drug-likeness (QED) is 0.585. The monoisotopic (exact) mass is 228 g/mol. The highest BCUT2D eigenvalue weighted by Crippen LogP contribution is 2.30. The molecule has 0 bridgehead atoms. The van der Waals surface area contributed by atoms with Crippen LogP contribution in [0.1, 0.15) is 18.4 Å². The third-order valence-corrected chi connectivity index (χ3v) is 3.63. The molecule has 1 aromatic carbocycles. The molecule has 3 rings (SSSR count). The van der Waals surface area contributed by atoms with Crippen LogP contribution in [-0.4, -0.2) is 30.2 Å². The van der Waals surface area contributed by atoms with Crippen molar-refractivity contribution in [3.63, 3.8) is 0 Å². The van der Waals surface area contributed by atoms with E-state index in [-0.39, 0.29) is 0 Å². The van der Waals surface area contributed by atoms with E-state index in [1.807, 2.05) is 18.2 Å². The molecule has 1 aromatic rings. The molecule has 0 saturated carbocycles. The maximum atomic E-state index is 7.03. The summed E-state index contributed by atoms with van der Waals surface area (Å²) in [5.41, 5.74) is 1.98. The number of hydrogen-bond acceptors (Lipinski definition) is 2. The predicted molar refractivity (Wildman–Crippen MR) is 65.9 cm³/mol. The van der Waals surface area contributed by atoms with E-state index >= 15 is 0 Å². The first-order valence-corrected chi connectivity index (χ1v) is 6.19. The van der Waals surface area contributed by atoms with Crippen LogP contribution in [0.3, 0.4) is 0 Å². The van der Waals surface area contributed by atoms with Crippen LogP contribution in [0, 0.1) is 6.57 Å². The van der Waals surface area contributed by atoms with Crippen LogP contribution in [0.4, 0.5) is 5.69 Å². The summed E-state index contributed by atoms with van der Waals surface area (Å²) >= 11 is 0. The van der Waals surface area contributed by atoms with Gasteiger partial charge in [0, 0.05) is 12.6 Å². The average molecular weight is 228 g/mol. The Kier molecular flexibility index (Phi) is 2.84. The minimum absolute atomic E-state index is 0.474. The third-order valence-electron chi connectivity index (χ3n) is 3.63. The molecule has 0 aromatic heterocycles. The van der Waals surface area contributed by atoms with Gasteiger partial charge >= 0.3 is 0 Å². The van der Waals surface area contributed by atoms with E-state index < -0.39 is 0 Å². The Labute approximate surface area is 102 Å². The van der Waals surface area contributed by atoms with Gasteiger partial charge in [0.05, 0.1) is 19.3 Å². The van der Waals surface area contributed by atoms with Gasteiger partial charge in [-0.15, -0.1) is 0 Å². The molecule has 2 heterocycles. The van der Waals surface area contributed by atoms with Crippen molar-refractivity contribution in [2.24, 2.45) is 0 Å². The van der Waals surface area contributed by atoms with E-state index in [1.165, 1.54) is 18.4 Å². The minimum atomic E-state index is 0.474. The molecule has 0 radical (unpaired) electrons. The lowest BCUT2D eigenvalue weighted by molar-refractivity contribution is 0.201. The van der Waals surface area contributed by atoms with E-state index in [1.54, 1.807) is 0 Å². The zero-order valence-corrected chi connectivity index (χ0v) is 9.80. The predicted octanol–water partition coefficient (Wildman–Crippen LogP) is 2.60. The standard InChI is InChI=1S/C14H16N2O/c1-15-12-5-2-4-11(8-12)9-16-7-3-6-13(16)14-10-17-14/h2,4-5,8,13-14H,3,6-7,9-10H2/t13-,14+/m1/s1. The Hall–Kier alpha value is -1.37. The summed E-state index contributed by atoms with van der Waals surface area (Å²) in [6.07, 6.45) is 3.00. The molecule has 3 heteroatoms. The fourth-order valence-electron chi connectivity index (χ4n) is 2.71. The van der Waals surface area contributed by atoms with Crippen LogP contribution in [0.2, 0.25) is 0 Å². The van der Waals surface area contributed by atoms with E-state index in [4.69, 9.17) is 11.3 Å². The molecule has 0 spiro atoms. The fraction of sp³-hybridized carbons (Fsp3) is 0.500. The second kappa shape index (κ2) is 4.48. The van der Waals surface area contributed by atoms with Gasteiger partial charge in [-0.05, 0) is 24.9 Å². The molecule has 2 aliphatic heterocycles. The van der Waals surface area contributed by atoms with Gasteiger partial charge in [-0.3, -0.25) is 4.90 Å². The molecular weight excluding hydrogens is 212 g/mol. The molecule has 0 N–H and O–H groups in total. The van der Waals surface area contributed by atoms with Gasteiger partial charge in [0.2, 0.25) is 0 Å². The summed E-state index contributed by atoms with van der Waals surface area (Å²) < 4.78 is 5.42. The van der Waals surface area contributed by atoms with Crippen molar-refractivity contribution in [1.29, 1.82) is 0 Å². The number of nitrogens with zero attached hydrogens (tertiary/aromatic N) is 2. The molecule has 0 amide bonds. The average Bonchev–Trinajstić information content (AvgIpc) is 3.11. The van der Waals surface area contributed by atoms with Crippen molar-refractivity contribution in [2.75, 3.05) is 13.2 Å². The van der Waals surface area contributed by atoms with Crippen LogP contribution >= 0.6 is 0 Å². The van der Waals surface area contributed by atoms with Crippen molar-refractivity contribution in [2.45, 2.75) is 31.5 Å². The summed E-state index contributed by atoms with van der Waals surface area (Å²) in [5, 5.41) is 0. The first-order chi connectivity index (χ1) is 8.36. The highest BCUT2D eigenvalue weighted by atomic mass is 16.6. The molecule has 0 aliphatic carbocycles. The summed E-state index contributed by atoms with van der Waals surface area (Å²) in [4.78, 5) is 5.98. The number of hydrogen-bond donors (Lipinski definition) is 0. The normalized spacial score (nSPS) is 27.9. The van der Waals surface area contributed by atoms with Crippen molar-refractivity contribution in [3.05, 3.63) is 41.2 Å². The van der Waals surface area contributed by atoms with Crippen molar-refractivity contribution >= 4 is 5.69 Å². The molecule has 0 unspecified atom stereocenters. The van der Waals surface area contributed by atoms with Crippen LogP contribution in [0.5, 0.6) is 0 Å². The van der Waals surface area contributed by atoms with Gasteiger partial charge in [-0.25, -0.2) is 4.85 Å². The van der Waals surface area contributed by atoms with Crippen LogP contribution in [-0.2, 0) is 11.3 Å². The lowest BCUT2D eigenvalue weighted by atomic mass is 10.1. The molecule has 2 saturated heterocycles. The van der Waals surface area contributed by atoms with Gasteiger partial charge in [0.1, 0.15) is 0 Å². The summed E-state index contributed by atoms with van der Waals surface area (Å²) in [6, 6.07) is 8.55. The molecule has 88 valence electrons. The maximum Gasteiger partial charge on any atom is 0.187 e. The molecule has 17 heavy (non-hydrogen) atoms. The maximum absolute atomic E-state index is 7.03. The lowest BCUT2D eigenvalue weighted by Gasteiger charge is -2.23. The number of benzene rings is 1. The highest BCUT2D eigenvalue weighted by molar-refractivity contribution is 5.46. The summed E-state index contributed by atoms with van der Waals surface area (Å²) in [6.45, 7) is 10.1. The largest absolute Gasteiger partial charge is 0.371 e. The smallest absolute Gasteiger partial charge is 0.187 e. The Balaban J connectivity index is 1.71. The Morgan fingerprint density at radius 2 is 2.35 bits per heavy atom. The van der Waals surface area contributed by atoms with E-state index in [0.29, 0.717) is 12.1 Å². The number of likely N-dealkylation sites (tertiary alicyclic amines) is 1. The second-order valence-corrected chi connectivity index (χ2v) is 4.83. The first-order valence-electron chi connectivity index (χ1n) is 6.19. The number of ether oxygens (including phenoxy) is 1. The number of rotatable bonds is 3. The van der Waals surface area contributed by atoms with Gasteiger partial charge in [0.15, 0.2) is 5.69 Å². The van der Waals surface area contributed by atoms with Gasteiger partial charge < -0.3 is 4.74 Å². The fourth-order valence-corrected chi connectivity index (χ4v) is 2.71. The molecule has 3 nitrogen and oxygen atoms in total. The topological polar surface area (TPSA) is 20.1 Å². The van der Waals surface area contributed by atoms with Crippen molar-refractivity contribution in [1.82, 2.24) is 4.90 Å². The molecule has 2 atom stereocenters. The number of epoxide rings is 1. The zero-order chi connectivity index (χ0) is 11.7. The van der Waals surface area contributed by atoms with Gasteiger partial charge in [-0.1, -0.05) is 24.3 Å². The molecule has 2 aliphatic rings. The van der Waals surface area contributed by atoms with Crippen molar-refractivity contribution in [3.8, 4) is 0 Å². The van der Waals surface area contributed by atoms with E-state index in [2.05, 4.69) is 15.8 Å². The first kappa shape index (κ1) is 10.8. The minimum Gasteiger partial charge on any atom is -0.371 e. The van der Waals surface area contributed by atoms with Crippen LogP contribution in [0.15, 0.2) is 24.3 Å². The van der Waals surface area contributed by atoms with Crippen LogP contribution < -0.4 is 0 Å². The molecule has 2 fully saturated rings. The summed E-state index contributed by atoms with van der Waals surface area (Å²) in [7, 11) is 0.